The van der Waals surface area contributed by atoms with E-state index in [2.05, 4.69) is 119 Å². The zero-order valence-electron chi connectivity index (χ0n) is 20.1. The maximum Gasteiger partial charge on any atom is 0.240 e. The van der Waals surface area contributed by atoms with Crippen molar-refractivity contribution < 1.29 is 4.84 Å². The third kappa shape index (κ3) is 4.24. The summed E-state index contributed by atoms with van der Waals surface area (Å²) in [6.45, 7) is 0. The molecule has 37 heavy (non-hydrogen) atoms. The first-order valence-electron chi connectivity index (χ1n) is 12.3. The number of nitrogens with zero attached hydrogens (tertiary/aromatic N) is 2. The topological polar surface area (TPSA) is 24.8 Å². The van der Waals surface area contributed by atoms with Crippen molar-refractivity contribution in [2.45, 2.75) is 11.5 Å². The van der Waals surface area contributed by atoms with Gasteiger partial charge in [0, 0.05) is 4.47 Å². The van der Waals surface area contributed by atoms with E-state index in [0.717, 1.165) is 32.5 Å². The first kappa shape index (κ1) is 23.3. The Bertz CT molecular complexity index is 1450. The van der Waals surface area contributed by atoms with Gasteiger partial charge in [-0.2, -0.15) is 5.06 Å². The van der Waals surface area contributed by atoms with Crippen molar-refractivity contribution in [2.24, 2.45) is 4.99 Å². The Kier molecular flexibility index (Phi) is 6.33. The third-order valence-corrected chi connectivity index (χ3v) is 7.34. The highest BCUT2D eigenvalue weighted by atomic mass is 79.9. The van der Waals surface area contributed by atoms with Crippen molar-refractivity contribution in [1.82, 2.24) is 0 Å². The van der Waals surface area contributed by atoms with Crippen LogP contribution in [0.1, 0.15) is 22.7 Å². The third-order valence-electron chi connectivity index (χ3n) is 6.81. The first-order chi connectivity index (χ1) is 18.3. The zero-order chi connectivity index (χ0) is 25.1. The van der Waals surface area contributed by atoms with E-state index in [1.54, 1.807) is 0 Å². The van der Waals surface area contributed by atoms with Gasteiger partial charge in [0.25, 0.3) is 0 Å². The average Bonchev–Trinajstić information content (AvgIpc) is 3.31. The zero-order valence-corrected chi connectivity index (χ0v) is 21.7. The summed E-state index contributed by atoms with van der Waals surface area (Å²) < 4.78 is 1.01. The fraction of sp³-hybridized carbons (Fsp3) is 0.0606. The molecule has 0 aliphatic carbocycles. The van der Waals surface area contributed by atoms with Crippen molar-refractivity contribution in [3.8, 4) is 0 Å². The Hall–Kier alpha value is -4.15. The van der Waals surface area contributed by atoms with E-state index >= 15 is 0 Å². The number of para-hydroxylation sites is 1. The van der Waals surface area contributed by atoms with Crippen molar-refractivity contribution in [2.75, 3.05) is 5.06 Å². The van der Waals surface area contributed by atoms with Crippen LogP contribution in [0.3, 0.4) is 0 Å². The standard InChI is InChI=1S/C33H25BrN2O/c34-28-21-23-29(24-22-28)35-32-33(26-15-7-2-8-16-26,27-17-9-3-10-18-27)31(25-13-5-1-6-14-25)36(37-32)30-19-11-4-12-20-30/h1-24,31H. The Morgan fingerprint density at radius 2 is 1.08 bits per heavy atom. The molecular weight excluding hydrogens is 520 g/mol. The van der Waals surface area contributed by atoms with Crippen molar-refractivity contribution >= 4 is 33.2 Å². The minimum atomic E-state index is -0.715. The SMILES string of the molecule is Brc1ccc(N=C2ON(c3ccccc3)C(c3ccccc3)C2(c2ccccc2)c2ccccc2)cc1. The van der Waals surface area contributed by atoms with Crippen LogP contribution in [0.4, 0.5) is 11.4 Å². The van der Waals surface area contributed by atoms with Gasteiger partial charge in [0.15, 0.2) is 0 Å². The van der Waals surface area contributed by atoms with Crippen LogP contribution in [0.2, 0.25) is 0 Å². The van der Waals surface area contributed by atoms with E-state index < -0.39 is 5.41 Å². The van der Waals surface area contributed by atoms with Gasteiger partial charge in [-0.1, -0.05) is 125 Å². The highest BCUT2D eigenvalue weighted by Gasteiger charge is 2.58. The minimum Gasteiger partial charge on any atom is -0.362 e. The molecule has 1 heterocycles. The molecule has 1 saturated heterocycles. The van der Waals surface area contributed by atoms with Crippen LogP contribution in [-0.2, 0) is 10.3 Å². The molecule has 180 valence electrons. The predicted octanol–water partition coefficient (Wildman–Crippen LogP) is 8.66. The fourth-order valence-corrected chi connectivity index (χ4v) is 5.45. The molecule has 0 N–H and O–H groups in total. The fourth-order valence-electron chi connectivity index (χ4n) is 5.18. The van der Waals surface area contributed by atoms with E-state index in [1.807, 2.05) is 47.5 Å². The van der Waals surface area contributed by atoms with E-state index in [9.17, 15) is 0 Å². The Balaban J connectivity index is 1.70. The van der Waals surface area contributed by atoms with E-state index in [0.29, 0.717) is 5.90 Å². The van der Waals surface area contributed by atoms with Gasteiger partial charge >= 0.3 is 0 Å². The summed E-state index contributed by atoms with van der Waals surface area (Å²) in [5.41, 5.74) is 4.45. The minimum absolute atomic E-state index is 0.213. The van der Waals surface area contributed by atoms with Crippen LogP contribution in [0.15, 0.2) is 155 Å². The van der Waals surface area contributed by atoms with Crippen LogP contribution in [0.25, 0.3) is 0 Å². The Morgan fingerprint density at radius 1 is 0.595 bits per heavy atom. The normalized spacial score (nSPS) is 17.5. The van der Waals surface area contributed by atoms with Crippen molar-refractivity contribution in [1.29, 1.82) is 0 Å². The van der Waals surface area contributed by atoms with Crippen LogP contribution in [-0.4, -0.2) is 5.90 Å². The second-order valence-corrected chi connectivity index (χ2v) is 9.91. The second-order valence-electron chi connectivity index (χ2n) is 9.00. The molecule has 0 bridgehead atoms. The van der Waals surface area contributed by atoms with Gasteiger partial charge in [-0.15, -0.1) is 0 Å². The molecule has 1 aliphatic heterocycles. The molecule has 1 aliphatic rings. The van der Waals surface area contributed by atoms with Crippen LogP contribution >= 0.6 is 15.9 Å². The molecule has 0 saturated carbocycles. The first-order valence-corrected chi connectivity index (χ1v) is 13.1. The number of anilines is 1. The second kappa shape index (κ2) is 10.1. The number of aliphatic imine (C=N–C) groups is 1. The number of hydroxylamine groups is 1. The molecule has 1 atom stereocenters. The lowest BCUT2D eigenvalue weighted by Gasteiger charge is -2.36. The molecule has 1 fully saturated rings. The molecule has 0 spiro atoms. The van der Waals surface area contributed by atoms with Crippen molar-refractivity contribution in [3.05, 3.63) is 167 Å². The summed E-state index contributed by atoms with van der Waals surface area (Å²) in [5.74, 6) is 0.630. The lowest BCUT2D eigenvalue weighted by Crippen LogP contribution is -2.40. The van der Waals surface area contributed by atoms with E-state index in [-0.39, 0.29) is 6.04 Å². The molecule has 4 heteroatoms. The van der Waals surface area contributed by atoms with Gasteiger partial charge in [-0.05, 0) is 53.1 Å². The molecule has 5 aromatic rings. The molecule has 1 unspecified atom stereocenters. The molecule has 3 nitrogen and oxygen atoms in total. The summed E-state index contributed by atoms with van der Waals surface area (Å²) >= 11 is 3.55. The van der Waals surface area contributed by atoms with E-state index in [4.69, 9.17) is 9.83 Å². The summed E-state index contributed by atoms with van der Waals surface area (Å²) in [6.07, 6.45) is 0. The Morgan fingerprint density at radius 3 is 1.62 bits per heavy atom. The number of hydrogen-bond acceptors (Lipinski definition) is 3. The lowest BCUT2D eigenvalue weighted by molar-refractivity contribution is 0.275. The van der Waals surface area contributed by atoms with Gasteiger partial charge in [-0.3, -0.25) is 0 Å². The molecule has 0 amide bonds. The summed E-state index contributed by atoms with van der Waals surface area (Å²) in [7, 11) is 0. The highest BCUT2D eigenvalue weighted by molar-refractivity contribution is 9.10. The van der Waals surface area contributed by atoms with Crippen LogP contribution in [0, 0.1) is 0 Å². The van der Waals surface area contributed by atoms with Crippen LogP contribution in [0.5, 0.6) is 0 Å². The number of halogens is 1. The lowest BCUT2D eigenvalue weighted by atomic mass is 9.67. The van der Waals surface area contributed by atoms with Gasteiger partial charge < -0.3 is 4.84 Å². The summed E-state index contributed by atoms with van der Waals surface area (Å²) in [6, 6.07) is 49.8. The smallest absolute Gasteiger partial charge is 0.240 e. The van der Waals surface area contributed by atoms with Gasteiger partial charge in [0.2, 0.25) is 5.90 Å². The average molecular weight is 545 g/mol. The largest absolute Gasteiger partial charge is 0.362 e. The number of rotatable bonds is 5. The number of hydrogen-bond donors (Lipinski definition) is 0. The van der Waals surface area contributed by atoms with Gasteiger partial charge in [0.05, 0.1) is 11.4 Å². The van der Waals surface area contributed by atoms with Crippen molar-refractivity contribution in [3.63, 3.8) is 0 Å². The summed E-state index contributed by atoms with van der Waals surface area (Å²) in [4.78, 5) is 12.0. The molecule has 5 aromatic carbocycles. The van der Waals surface area contributed by atoms with Gasteiger partial charge in [0.1, 0.15) is 11.5 Å². The van der Waals surface area contributed by atoms with E-state index in [1.165, 1.54) is 0 Å². The molecule has 6 rings (SSSR count). The molecule has 0 radical (unpaired) electrons. The molecule has 0 aromatic heterocycles. The highest BCUT2D eigenvalue weighted by Crippen LogP contribution is 2.54. The Labute approximate surface area is 225 Å². The quantitative estimate of drug-likeness (QED) is 0.221. The maximum absolute atomic E-state index is 6.85. The predicted molar refractivity (Wildman–Crippen MR) is 154 cm³/mol. The summed E-state index contributed by atoms with van der Waals surface area (Å²) in [5, 5.41) is 2.02. The monoisotopic (exact) mass is 544 g/mol. The number of benzene rings is 5. The maximum atomic E-state index is 6.85. The van der Waals surface area contributed by atoms with Crippen LogP contribution < -0.4 is 5.06 Å². The molecular formula is C33H25BrN2O. The van der Waals surface area contributed by atoms with Gasteiger partial charge in [-0.25, -0.2) is 4.99 Å².